The topological polar surface area (TPSA) is 47.6 Å². The molecule has 0 radical (unpaired) electrons. The van der Waals surface area contributed by atoms with Crippen molar-refractivity contribution in [3.8, 4) is 0 Å². The van der Waals surface area contributed by atoms with Crippen molar-refractivity contribution in [2.24, 2.45) is 16.6 Å². The molecule has 0 aromatic rings. The first-order valence-electron chi connectivity index (χ1n) is 5.80. The first-order chi connectivity index (χ1) is 6.90. The molecule has 0 aromatic carbocycles. The smallest absolute Gasteiger partial charge is 0.186 e. The SMILES string of the molecule is NCCCC1COC(C2CCCC2)=N1. The zero-order chi connectivity index (χ0) is 9.80. The van der Waals surface area contributed by atoms with Gasteiger partial charge in [-0.25, -0.2) is 4.99 Å². The molecule has 0 amide bonds. The third kappa shape index (κ3) is 2.27. The van der Waals surface area contributed by atoms with Crippen LogP contribution in [-0.2, 0) is 4.74 Å². The highest BCUT2D eigenvalue weighted by atomic mass is 16.5. The Kier molecular flexibility index (Phi) is 3.40. The molecule has 3 heteroatoms. The quantitative estimate of drug-likeness (QED) is 0.744. The predicted octanol–water partition coefficient (Wildman–Crippen LogP) is 1.71. The fourth-order valence-corrected chi connectivity index (χ4v) is 2.33. The summed E-state index contributed by atoms with van der Waals surface area (Å²) in [6.45, 7) is 1.57. The number of hydrogen-bond donors (Lipinski definition) is 1. The second kappa shape index (κ2) is 4.78. The van der Waals surface area contributed by atoms with Crippen LogP contribution in [0.5, 0.6) is 0 Å². The average molecular weight is 196 g/mol. The Morgan fingerprint density at radius 3 is 2.86 bits per heavy atom. The fourth-order valence-electron chi connectivity index (χ4n) is 2.33. The van der Waals surface area contributed by atoms with Gasteiger partial charge in [-0.2, -0.15) is 0 Å². The van der Waals surface area contributed by atoms with E-state index in [0.717, 1.165) is 31.9 Å². The van der Waals surface area contributed by atoms with Gasteiger partial charge in [0.2, 0.25) is 0 Å². The molecule has 2 aliphatic rings. The fraction of sp³-hybridized carbons (Fsp3) is 0.909. The van der Waals surface area contributed by atoms with Crippen LogP contribution in [0.4, 0.5) is 0 Å². The molecule has 0 spiro atoms. The van der Waals surface area contributed by atoms with Crippen molar-refractivity contribution < 1.29 is 4.74 Å². The number of rotatable bonds is 4. The second-order valence-electron chi connectivity index (χ2n) is 4.34. The van der Waals surface area contributed by atoms with E-state index in [4.69, 9.17) is 10.5 Å². The highest BCUT2D eigenvalue weighted by Gasteiger charge is 2.27. The summed E-state index contributed by atoms with van der Waals surface area (Å²) in [5, 5.41) is 0. The van der Waals surface area contributed by atoms with Crippen LogP contribution in [-0.4, -0.2) is 25.1 Å². The minimum absolute atomic E-state index is 0.397. The van der Waals surface area contributed by atoms with Crippen LogP contribution in [0.2, 0.25) is 0 Å². The summed E-state index contributed by atoms with van der Waals surface area (Å²) in [4.78, 5) is 4.65. The van der Waals surface area contributed by atoms with Crippen LogP contribution in [0.25, 0.3) is 0 Å². The van der Waals surface area contributed by atoms with Gasteiger partial charge in [-0.1, -0.05) is 12.8 Å². The summed E-state index contributed by atoms with van der Waals surface area (Å²) in [6.07, 6.45) is 7.41. The molecule has 0 bridgehead atoms. The van der Waals surface area contributed by atoms with Crippen LogP contribution in [0.15, 0.2) is 4.99 Å². The van der Waals surface area contributed by atoms with Gasteiger partial charge in [0.15, 0.2) is 5.90 Å². The lowest BCUT2D eigenvalue weighted by atomic mass is 10.1. The van der Waals surface area contributed by atoms with E-state index in [0.29, 0.717) is 12.0 Å². The Labute approximate surface area is 85.7 Å². The molecule has 3 nitrogen and oxygen atoms in total. The van der Waals surface area contributed by atoms with Gasteiger partial charge in [-0.3, -0.25) is 0 Å². The Morgan fingerprint density at radius 1 is 1.36 bits per heavy atom. The van der Waals surface area contributed by atoms with Gasteiger partial charge in [0.1, 0.15) is 6.61 Å². The zero-order valence-electron chi connectivity index (χ0n) is 8.74. The van der Waals surface area contributed by atoms with E-state index in [1.54, 1.807) is 0 Å². The summed E-state index contributed by atoms with van der Waals surface area (Å²) in [5.74, 6) is 1.68. The molecule has 1 unspecified atom stereocenters. The van der Waals surface area contributed by atoms with E-state index in [9.17, 15) is 0 Å². The van der Waals surface area contributed by atoms with Gasteiger partial charge >= 0.3 is 0 Å². The molecule has 0 aromatic heterocycles. The number of hydrogen-bond acceptors (Lipinski definition) is 3. The predicted molar refractivity (Wildman–Crippen MR) is 57.4 cm³/mol. The Bertz CT molecular complexity index is 209. The number of nitrogens with zero attached hydrogens (tertiary/aromatic N) is 1. The molecule has 1 aliphatic carbocycles. The van der Waals surface area contributed by atoms with E-state index in [1.165, 1.54) is 25.7 Å². The Balaban J connectivity index is 1.82. The summed E-state index contributed by atoms with van der Waals surface area (Å²) in [5.41, 5.74) is 5.47. The maximum Gasteiger partial charge on any atom is 0.186 e. The standard InChI is InChI=1S/C11H20N2O/c12-7-3-6-10-8-14-11(13-10)9-4-1-2-5-9/h9-10H,1-8,12H2. The molecule has 80 valence electrons. The molecule has 1 saturated carbocycles. The highest BCUT2D eigenvalue weighted by molar-refractivity contribution is 5.80. The maximum atomic E-state index is 5.66. The second-order valence-corrected chi connectivity index (χ2v) is 4.34. The van der Waals surface area contributed by atoms with Crippen LogP contribution < -0.4 is 5.73 Å². The van der Waals surface area contributed by atoms with Gasteiger partial charge in [0.05, 0.1) is 6.04 Å². The van der Waals surface area contributed by atoms with Crippen molar-refractivity contribution in [1.29, 1.82) is 0 Å². The van der Waals surface area contributed by atoms with Crippen LogP contribution in [0, 0.1) is 5.92 Å². The molecule has 1 atom stereocenters. The van der Waals surface area contributed by atoms with Gasteiger partial charge in [0.25, 0.3) is 0 Å². The maximum absolute atomic E-state index is 5.66. The van der Waals surface area contributed by atoms with Gasteiger partial charge in [0, 0.05) is 5.92 Å². The molecule has 14 heavy (non-hydrogen) atoms. The van der Waals surface area contributed by atoms with Crippen molar-refractivity contribution in [3.05, 3.63) is 0 Å². The lowest BCUT2D eigenvalue weighted by molar-refractivity contribution is 0.292. The summed E-state index contributed by atoms with van der Waals surface area (Å²) in [7, 11) is 0. The zero-order valence-corrected chi connectivity index (χ0v) is 8.74. The summed E-state index contributed by atoms with van der Waals surface area (Å²) in [6, 6.07) is 0.397. The third-order valence-corrected chi connectivity index (χ3v) is 3.18. The minimum atomic E-state index is 0.397. The normalized spacial score (nSPS) is 27.8. The van der Waals surface area contributed by atoms with Gasteiger partial charge < -0.3 is 10.5 Å². The van der Waals surface area contributed by atoms with E-state index >= 15 is 0 Å². The molecule has 1 heterocycles. The molecule has 2 N–H and O–H groups in total. The Morgan fingerprint density at radius 2 is 2.14 bits per heavy atom. The van der Waals surface area contributed by atoms with Crippen molar-refractivity contribution in [1.82, 2.24) is 0 Å². The number of aliphatic imine (C=N–C) groups is 1. The molecule has 0 saturated heterocycles. The monoisotopic (exact) mass is 196 g/mol. The van der Waals surface area contributed by atoms with Crippen molar-refractivity contribution in [3.63, 3.8) is 0 Å². The van der Waals surface area contributed by atoms with Crippen LogP contribution in [0.3, 0.4) is 0 Å². The molecule has 1 fully saturated rings. The average Bonchev–Trinajstić information content (AvgIpc) is 2.85. The molecule has 2 rings (SSSR count). The van der Waals surface area contributed by atoms with Crippen molar-refractivity contribution in [2.75, 3.05) is 13.2 Å². The lowest BCUT2D eigenvalue weighted by Crippen LogP contribution is -2.11. The minimum Gasteiger partial charge on any atom is -0.478 e. The largest absolute Gasteiger partial charge is 0.478 e. The molecule has 1 aliphatic heterocycles. The first kappa shape index (κ1) is 9.97. The highest BCUT2D eigenvalue weighted by Crippen LogP contribution is 2.29. The first-order valence-corrected chi connectivity index (χ1v) is 5.80. The van der Waals surface area contributed by atoms with Crippen molar-refractivity contribution >= 4 is 5.90 Å². The van der Waals surface area contributed by atoms with Crippen molar-refractivity contribution in [2.45, 2.75) is 44.6 Å². The van der Waals surface area contributed by atoms with E-state index in [1.807, 2.05) is 0 Å². The Hall–Kier alpha value is -0.570. The van der Waals surface area contributed by atoms with Crippen LogP contribution in [0.1, 0.15) is 38.5 Å². The molecular formula is C11H20N2O. The van der Waals surface area contributed by atoms with E-state index < -0.39 is 0 Å². The molecular weight excluding hydrogens is 176 g/mol. The number of ether oxygens (including phenoxy) is 1. The lowest BCUT2D eigenvalue weighted by Gasteiger charge is -2.06. The van der Waals surface area contributed by atoms with Crippen LogP contribution >= 0.6 is 0 Å². The van der Waals surface area contributed by atoms with E-state index in [2.05, 4.69) is 4.99 Å². The summed E-state index contributed by atoms with van der Waals surface area (Å²) >= 11 is 0. The third-order valence-electron chi connectivity index (χ3n) is 3.18. The summed E-state index contributed by atoms with van der Waals surface area (Å²) < 4.78 is 5.66. The number of nitrogens with two attached hydrogens (primary N) is 1. The van der Waals surface area contributed by atoms with Gasteiger partial charge in [-0.05, 0) is 32.2 Å². The van der Waals surface area contributed by atoms with E-state index in [-0.39, 0.29) is 0 Å². The van der Waals surface area contributed by atoms with Gasteiger partial charge in [-0.15, -0.1) is 0 Å².